The molecule has 69 heavy (non-hydrogen) atoms. The molecule has 0 spiro atoms. The maximum Gasteiger partial charge on any atom is 0.306 e. The van der Waals surface area contributed by atoms with Gasteiger partial charge in [0.1, 0.15) is 6.61 Å². The summed E-state index contributed by atoms with van der Waals surface area (Å²) in [7, 11) is 0. The molecule has 0 heterocycles. The van der Waals surface area contributed by atoms with Crippen molar-refractivity contribution in [1.29, 1.82) is 0 Å². The van der Waals surface area contributed by atoms with Crippen molar-refractivity contribution in [3.05, 3.63) is 36.5 Å². The largest absolute Gasteiger partial charge is 0.462 e. The molecular formula is C64H120O5. The molecule has 0 bridgehead atoms. The number of rotatable bonds is 58. The third-order valence-corrected chi connectivity index (χ3v) is 14.2. The first-order valence-electron chi connectivity index (χ1n) is 31.0. The van der Waals surface area contributed by atoms with E-state index in [0.29, 0.717) is 12.8 Å². The predicted molar refractivity (Wildman–Crippen MR) is 302 cm³/mol. The van der Waals surface area contributed by atoms with Crippen molar-refractivity contribution in [2.24, 2.45) is 0 Å². The molecule has 0 saturated carbocycles. The highest BCUT2D eigenvalue weighted by atomic mass is 16.6. The number of carbonyl (C=O) groups is 2. The molecule has 0 aliphatic heterocycles. The number of aliphatic hydroxyl groups is 1. The second-order valence-corrected chi connectivity index (χ2v) is 21.1. The van der Waals surface area contributed by atoms with Crippen LogP contribution in [0.3, 0.4) is 0 Å². The fourth-order valence-electron chi connectivity index (χ4n) is 9.47. The Morgan fingerprint density at radius 2 is 0.580 bits per heavy atom. The van der Waals surface area contributed by atoms with E-state index in [9.17, 15) is 14.7 Å². The fourth-order valence-corrected chi connectivity index (χ4v) is 9.47. The molecule has 1 N–H and O–H groups in total. The Hall–Kier alpha value is -1.88. The van der Waals surface area contributed by atoms with Gasteiger partial charge in [-0.15, -0.1) is 0 Å². The van der Waals surface area contributed by atoms with Crippen LogP contribution in [0.5, 0.6) is 0 Å². The van der Waals surface area contributed by atoms with E-state index in [0.717, 1.165) is 51.4 Å². The zero-order chi connectivity index (χ0) is 49.9. The summed E-state index contributed by atoms with van der Waals surface area (Å²) in [5.74, 6) is -0.584. The van der Waals surface area contributed by atoms with Gasteiger partial charge in [-0.2, -0.15) is 0 Å². The minimum atomic E-state index is -0.771. The van der Waals surface area contributed by atoms with Gasteiger partial charge in [-0.3, -0.25) is 9.59 Å². The molecule has 0 radical (unpaired) electrons. The van der Waals surface area contributed by atoms with Crippen LogP contribution in [0.1, 0.15) is 341 Å². The van der Waals surface area contributed by atoms with E-state index >= 15 is 0 Å². The summed E-state index contributed by atoms with van der Waals surface area (Å²) in [4.78, 5) is 24.5. The van der Waals surface area contributed by atoms with Crippen LogP contribution in [0.2, 0.25) is 0 Å². The average Bonchev–Trinajstić information content (AvgIpc) is 3.35. The summed E-state index contributed by atoms with van der Waals surface area (Å²) < 4.78 is 10.7. The lowest BCUT2D eigenvalue weighted by molar-refractivity contribution is -0.161. The van der Waals surface area contributed by atoms with Crippen molar-refractivity contribution in [3.8, 4) is 0 Å². The summed E-state index contributed by atoms with van der Waals surface area (Å²) in [6.45, 7) is 4.15. The lowest BCUT2D eigenvalue weighted by Crippen LogP contribution is -2.28. The Balaban J connectivity index is 3.35. The molecule has 0 saturated heterocycles. The van der Waals surface area contributed by atoms with Gasteiger partial charge in [0.25, 0.3) is 0 Å². The first-order chi connectivity index (χ1) is 34.1. The number of carbonyl (C=O) groups excluding carboxylic acids is 2. The smallest absolute Gasteiger partial charge is 0.306 e. The first-order valence-corrected chi connectivity index (χ1v) is 31.0. The van der Waals surface area contributed by atoms with Crippen molar-refractivity contribution in [2.45, 2.75) is 347 Å². The molecule has 0 aliphatic carbocycles. The predicted octanol–water partition coefficient (Wildman–Crippen LogP) is 21.0. The molecule has 406 valence electrons. The number of unbranched alkanes of at least 4 members (excludes halogenated alkanes) is 44. The number of hydrogen-bond donors (Lipinski definition) is 1. The van der Waals surface area contributed by atoms with E-state index in [1.165, 1.54) is 263 Å². The SMILES string of the molecule is CCCCCCC/C=C\C/C=C\CCCCCCCCCCCCCCCCCCCCCCCCCCCCCCCC(=O)OC(CO)COC(=O)CCCCCCC/C=C\CCCCCCC. The van der Waals surface area contributed by atoms with E-state index in [4.69, 9.17) is 9.47 Å². The summed E-state index contributed by atoms with van der Waals surface area (Å²) in [5.41, 5.74) is 0. The van der Waals surface area contributed by atoms with E-state index in [-0.39, 0.29) is 25.2 Å². The molecule has 0 aromatic heterocycles. The van der Waals surface area contributed by atoms with Crippen molar-refractivity contribution in [1.82, 2.24) is 0 Å². The van der Waals surface area contributed by atoms with Crippen LogP contribution in [0.25, 0.3) is 0 Å². The summed E-state index contributed by atoms with van der Waals surface area (Å²) >= 11 is 0. The van der Waals surface area contributed by atoms with E-state index in [2.05, 4.69) is 50.3 Å². The van der Waals surface area contributed by atoms with Gasteiger partial charge in [0.05, 0.1) is 6.61 Å². The Morgan fingerprint density at radius 3 is 0.870 bits per heavy atom. The lowest BCUT2D eigenvalue weighted by atomic mass is 10.0. The maximum atomic E-state index is 12.3. The lowest BCUT2D eigenvalue weighted by Gasteiger charge is -2.15. The van der Waals surface area contributed by atoms with Crippen LogP contribution in [0.4, 0.5) is 0 Å². The Kier molecular flexibility index (Phi) is 58.8. The Bertz CT molecular complexity index is 1100. The highest BCUT2D eigenvalue weighted by Crippen LogP contribution is 2.18. The summed E-state index contributed by atoms with van der Waals surface area (Å²) in [5, 5.41) is 9.63. The molecule has 0 aromatic carbocycles. The number of hydrogen-bond acceptors (Lipinski definition) is 5. The number of esters is 2. The monoisotopic (exact) mass is 969 g/mol. The van der Waals surface area contributed by atoms with E-state index in [1.54, 1.807) is 0 Å². The van der Waals surface area contributed by atoms with E-state index < -0.39 is 6.10 Å². The normalized spacial score (nSPS) is 12.3. The topological polar surface area (TPSA) is 72.8 Å². The molecule has 0 amide bonds. The van der Waals surface area contributed by atoms with Gasteiger partial charge in [0, 0.05) is 12.8 Å². The van der Waals surface area contributed by atoms with E-state index in [1.807, 2.05) is 0 Å². The first kappa shape index (κ1) is 67.1. The second-order valence-electron chi connectivity index (χ2n) is 21.1. The van der Waals surface area contributed by atoms with Gasteiger partial charge in [-0.25, -0.2) is 0 Å². The van der Waals surface area contributed by atoms with Crippen molar-refractivity contribution >= 4 is 11.9 Å². The van der Waals surface area contributed by atoms with Gasteiger partial charge in [-0.05, 0) is 70.6 Å². The zero-order valence-electron chi connectivity index (χ0n) is 46.6. The Labute approximate surface area is 431 Å². The van der Waals surface area contributed by atoms with Crippen LogP contribution in [0, 0.1) is 0 Å². The molecular weight excluding hydrogens is 849 g/mol. The molecule has 0 fully saturated rings. The number of ether oxygens (including phenoxy) is 2. The van der Waals surface area contributed by atoms with Gasteiger partial charge in [0.2, 0.25) is 0 Å². The van der Waals surface area contributed by atoms with Crippen molar-refractivity contribution < 1.29 is 24.2 Å². The van der Waals surface area contributed by atoms with Crippen LogP contribution in [-0.4, -0.2) is 36.4 Å². The molecule has 0 rings (SSSR count). The maximum absolute atomic E-state index is 12.3. The molecule has 1 atom stereocenters. The summed E-state index contributed by atoms with van der Waals surface area (Å²) in [6.07, 6.45) is 78.8. The molecule has 0 aromatic rings. The standard InChI is InChI=1S/C64H120O5/c1-3-5-7-9-11-13-15-17-19-20-21-22-23-24-25-26-27-28-29-30-31-32-33-34-35-36-37-38-39-40-41-42-43-44-45-47-49-51-53-55-57-59-64(67)69-62(60-65)61-68-63(66)58-56-54-52-50-48-46-18-16-14-12-10-8-6-4-2/h15-18,20-21,62,65H,3-14,19,22-61H2,1-2H3/b17-15-,18-16-,21-20-. The minimum absolute atomic E-state index is 0.0651. The molecule has 0 aliphatic rings. The third kappa shape index (κ3) is 58.6. The van der Waals surface area contributed by atoms with Crippen LogP contribution in [0.15, 0.2) is 36.5 Å². The minimum Gasteiger partial charge on any atom is -0.462 e. The fraction of sp³-hybridized carbons (Fsp3) is 0.875. The highest BCUT2D eigenvalue weighted by Gasteiger charge is 2.16. The molecule has 5 nitrogen and oxygen atoms in total. The molecule has 5 heteroatoms. The van der Waals surface area contributed by atoms with Gasteiger partial charge in [-0.1, -0.05) is 294 Å². The quantitative estimate of drug-likeness (QED) is 0.0373. The molecule has 1 unspecified atom stereocenters. The van der Waals surface area contributed by atoms with Crippen LogP contribution >= 0.6 is 0 Å². The zero-order valence-corrected chi connectivity index (χ0v) is 46.6. The van der Waals surface area contributed by atoms with Crippen molar-refractivity contribution in [3.63, 3.8) is 0 Å². The van der Waals surface area contributed by atoms with Gasteiger partial charge in [0.15, 0.2) is 6.10 Å². The number of allylic oxidation sites excluding steroid dienone is 6. The van der Waals surface area contributed by atoms with Crippen molar-refractivity contribution in [2.75, 3.05) is 13.2 Å². The number of aliphatic hydroxyl groups excluding tert-OH is 1. The third-order valence-electron chi connectivity index (χ3n) is 14.2. The average molecular weight is 970 g/mol. The Morgan fingerprint density at radius 1 is 0.333 bits per heavy atom. The van der Waals surface area contributed by atoms with Gasteiger partial charge >= 0.3 is 11.9 Å². The highest BCUT2D eigenvalue weighted by molar-refractivity contribution is 5.70. The van der Waals surface area contributed by atoms with Gasteiger partial charge < -0.3 is 14.6 Å². The van der Waals surface area contributed by atoms with Crippen LogP contribution < -0.4 is 0 Å². The van der Waals surface area contributed by atoms with Crippen LogP contribution in [-0.2, 0) is 19.1 Å². The second kappa shape index (κ2) is 60.4. The summed E-state index contributed by atoms with van der Waals surface area (Å²) in [6, 6.07) is 0.